The topological polar surface area (TPSA) is 20.2 Å². The van der Waals surface area contributed by atoms with Gasteiger partial charge < -0.3 is 5.11 Å². The van der Waals surface area contributed by atoms with Crippen molar-refractivity contribution in [2.75, 3.05) is 0 Å². The van der Waals surface area contributed by atoms with E-state index in [1.807, 2.05) is 18.2 Å². The summed E-state index contributed by atoms with van der Waals surface area (Å²) in [6.45, 7) is 2.25. The van der Waals surface area contributed by atoms with Crippen molar-refractivity contribution in [3.05, 3.63) is 101 Å². The van der Waals surface area contributed by atoms with Gasteiger partial charge in [0.25, 0.3) is 0 Å². The third-order valence-corrected chi connectivity index (χ3v) is 5.09. The Labute approximate surface area is 146 Å². The molecule has 3 aromatic rings. The molecule has 1 N–H and O–H groups in total. The van der Waals surface area contributed by atoms with Crippen LogP contribution < -0.4 is 0 Å². The standard InChI is InChI=1S/C22H22OSi/c1-24-16-21-12-5-4-10-19(21)14-17-8-2-3-9-18(17)15-20-11-6-7-13-22(20)23/h2-13,23H,14-16H2,1H3. The molecule has 0 bridgehead atoms. The summed E-state index contributed by atoms with van der Waals surface area (Å²) in [6, 6.07) is 26.1. The maximum Gasteiger partial charge on any atom is 0.119 e. The summed E-state index contributed by atoms with van der Waals surface area (Å²) in [5.41, 5.74) is 6.47. The summed E-state index contributed by atoms with van der Waals surface area (Å²) in [5, 5.41) is 10.1. The maximum absolute atomic E-state index is 10.1. The Balaban J connectivity index is 1.89. The summed E-state index contributed by atoms with van der Waals surface area (Å²) in [5.74, 6) is 0.375. The van der Waals surface area contributed by atoms with Crippen molar-refractivity contribution >= 4 is 9.52 Å². The average Bonchev–Trinajstić information content (AvgIpc) is 2.60. The van der Waals surface area contributed by atoms with Crippen molar-refractivity contribution in [3.8, 4) is 5.75 Å². The normalized spacial score (nSPS) is 10.7. The van der Waals surface area contributed by atoms with Gasteiger partial charge in [-0.25, -0.2) is 0 Å². The highest BCUT2D eigenvalue weighted by Crippen LogP contribution is 2.24. The summed E-state index contributed by atoms with van der Waals surface area (Å²) in [4.78, 5) is 0. The largest absolute Gasteiger partial charge is 0.508 e. The van der Waals surface area contributed by atoms with Gasteiger partial charge in [-0.05, 0) is 46.3 Å². The molecule has 0 unspecified atom stereocenters. The van der Waals surface area contributed by atoms with Crippen molar-refractivity contribution in [2.45, 2.75) is 25.4 Å². The van der Waals surface area contributed by atoms with Crippen LogP contribution in [0.15, 0.2) is 72.8 Å². The van der Waals surface area contributed by atoms with Crippen LogP contribution in [0.4, 0.5) is 0 Å². The molecule has 120 valence electrons. The van der Waals surface area contributed by atoms with Crippen LogP contribution in [0.3, 0.4) is 0 Å². The molecule has 0 atom stereocenters. The van der Waals surface area contributed by atoms with Crippen LogP contribution in [-0.2, 0) is 18.9 Å². The Morgan fingerprint density at radius 2 is 1.04 bits per heavy atom. The van der Waals surface area contributed by atoms with Gasteiger partial charge in [-0.3, -0.25) is 0 Å². The van der Waals surface area contributed by atoms with Crippen LogP contribution in [-0.4, -0.2) is 14.6 Å². The van der Waals surface area contributed by atoms with Gasteiger partial charge in [0.1, 0.15) is 5.75 Å². The lowest BCUT2D eigenvalue weighted by atomic mass is 9.93. The fraction of sp³-hybridized carbons (Fsp3) is 0.182. The van der Waals surface area contributed by atoms with Crippen molar-refractivity contribution in [1.29, 1.82) is 0 Å². The molecule has 0 amide bonds. The van der Waals surface area contributed by atoms with Crippen molar-refractivity contribution < 1.29 is 5.11 Å². The average molecular weight is 331 g/mol. The monoisotopic (exact) mass is 330 g/mol. The van der Waals surface area contributed by atoms with E-state index in [2.05, 4.69) is 55.1 Å². The third kappa shape index (κ3) is 3.95. The Bertz CT molecular complexity index is 810. The first-order chi connectivity index (χ1) is 11.8. The molecule has 3 rings (SSSR count). The summed E-state index contributed by atoms with van der Waals surface area (Å²) in [7, 11) is 0.933. The molecule has 3 aromatic carbocycles. The number of rotatable bonds is 6. The van der Waals surface area contributed by atoms with E-state index >= 15 is 0 Å². The second-order valence-electron chi connectivity index (χ2n) is 6.05. The Morgan fingerprint density at radius 1 is 0.625 bits per heavy atom. The highest BCUT2D eigenvalue weighted by molar-refractivity contribution is 6.32. The first-order valence-corrected chi connectivity index (χ1v) is 10.0. The zero-order valence-corrected chi connectivity index (χ0v) is 15.0. The number of hydrogen-bond donors (Lipinski definition) is 1. The smallest absolute Gasteiger partial charge is 0.119 e. The minimum absolute atomic E-state index is 0.375. The van der Waals surface area contributed by atoms with E-state index in [0.717, 1.165) is 34.0 Å². The Kier molecular flexibility index (Phi) is 5.50. The summed E-state index contributed by atoms with van der Waals surface area (Å²) < 4.78 is 0. The number of aromatic hydroxyl groups is 1. The minimum atomic E-state index is 0.375. The van der Waals surface area contributed by atoms with Crippen LogP contribution in [0.25, 0.3) is 0 Å². The zero-order chi connectivity index (χ0) is 16.8. The molecule has 0 saturated carbocycles. The lowest BCUT2D eigenvalue weighted by Crippen LogP contribution is -2.02. The molecule has 0 aliphatic carbocycles. The second-order valence-corrected chi connectivity index (χ2v) is 7.11. The van der Waals surface area contributed by atoms with Crippen molar-refractivity contribution in [1.82, 2.24) is 0 Å². The van der Waals surface area contributed by atoms with Gasteiger partial charge in [0.15, 0.2) is 0 Å². The van der Waals surface area contributed by atoms with E-state index in [1.54, 1.807) is 6.07 Å². The fourth-order valence-corrected chi connectivity index (χ4v) is 3.79. The number of phenolic OH excluding ortho intramolecular Hbond substituents is 1. The quantitative estimate of drug-likeness (QED) is 0.642. The van der Waals surface area contributed by atoms with E-state index in [-0.39, 0.29) is 0 Å². The van der Waals surface area contributed by atoms with Gasteiger partial charge in [0.2, 0.25) is 0 Å². The van der Waals surface area contributed by atoms with E-state index in [0.29, 0.717) is 5.75 Å². The van der Waals surface area contributed by atoms with Crippen LogP contribution in [0.2, 0.25) is 6.55 Å². The van der Waals surface area contributed by atoms with Crippen LogP contribution in [0.1, 0.15) is 27.8 Å². The molecule has 0 heterocycles. The lowest BCUT2D eigenvalue weighted by Gasteiger charge is -2.13. The molecule has 2 radical (unpaired) electrons. The first kappa shape index (κ1) is 16.5. The molecule has 0 aliphatic rings. The number of para-hydroxylation sites is 1. The van der Waals surface area contributed by atoms with Crippen LogP contribution in [0, 0.1) is 0 Å². The van der Waals surface area contributed by atoms with E-state index in [9.17, 15) is 5.11 Å². The lowest BCUT2D eigenvalue weighted by molar-refractivity contribution is 0.469. The molecular formula is C22H22OSi. The highest BCUT2D eigenvalue weighted by Gasteiger charge is 2.09. The predicted octanol–water partition coefficient (Wildman–Crippen LogP) is 4.83. The van der Waals surface area contributed by atoms with E-state index in [4.69, 9.17) is 0 Å². The molecule has 2 heteroatoms. The molecule has 0 saturated heterocycles. The van der Waals surface area contributed by atoms with Gasteiger partial charge in [-0.2, -0.15) is 0 Å². The maximum atomic E-state index is 10.1. The SMILES string of the molecule is C[Si]Cc1ccccc1Cc1ccccc1Cc1ccccc1O. The van der Waals surface area contributed by atoms with Crippen LogP contribution in [0.5, 0.6) is 5.75 Å². The minimum Gasteiger partial charge on any atom is -0.508 e. The molecule has 24 heavy (non-hydrogen) atoms. The molecule has 1 nitrogen and oxygen atoms in total. The number of hydrogen-bond acceptors (Lipinski definition) is 1. The molecule has 0 fully saturated rings. The molecular weight excluding hydrogens is 308 g/mol. The van der Waals surface area contributed by atoms with E-state index in [1.165, 1.54) is 22.3 Å². The molecule has 0 aromatic heterocycles. The Hall–Kier alpha value is -2.32. The van der Waals surface area contributed by atoms with Gasteiger partial charge in [-0.1, -0.05) is 73.3 Å². The molecule has 0 aliphatic heterocycles. The van der Waals surface area contributed by atoms with Gasteiger partial charge >= 0.3 is 0 Å². The fourth-order valence-electron chi connectivity index (χ4n) is 3.07. The summed E-state index contributed by atoms with van der Waals surface area (Å²) >= 11 is 0. The van der Waals surface area contributed by atoms with Crippen molar-refractivity contribution in [2.24, 2.45) is 0 Å². The highest BCUT2D eigenvalue weighted by atomic mass is 28.2. The summed E-state index contributed by atoms with van der Waals surface area (Å²) in [6.07, 6.45) is 1.71. The van der Waals surface area contributed by atoms with Crippen molar-refractivity contribution in [3.63, 3.8) is 0 Å². The molecule has 0 spiro atoms. The first-order valence-electron chi connectivity index (χ1n) is 8.33. The van der Waals surface area contributed by atoms with E-state index < -0.39 is 0 Å². The van der Waals surface area contributed by atoms with Gasteiger partial charge in [-0.15, -0.1) is 0 Å². The number of benzene rings is 3. The van der Waals surface area contributed by atoms with Gasteiger partial charge in [0, 0.05) is 15.9 Å². The number of phenols is 1. The zero-order valence-electron chi connectivity index (χ0n) is 14.0. The third-order valence-electron chi connectivity index (χ3n) is 4.36. The second kappa shape index (κ2) is 7.98. The van der Waals surface area contributed by atoms with Gasteiger partial charge in [0.05, 0.1) is 0 Å². The predicted molar refractivity (Wildman–Crippen MR) is 102 cm³/mol. The van der Waals surface area contributed by atoms with Crippen LogP contribution >= 0.6 is 0 Å². The Morgan fingerprint density at radius 3 is 1.58 bits per heavy atom.